The maximum atomic E-state index is 5.46. The fraction of sp³-hybridized carbons (Fsp3) is 1.00. The normalized spacial score (nSPS) is 39.9. The molecule has 0 amide bonds. The SMILES string of the molecule is COC1CCCC1NC1CCSC1. The monoisotopic (exact) mass is 201 g/mol. The molecule has 1 saturated heterocycles. The Morgan fingerprint density at radius 2 is 2.23 bits per heavy atom. The standard InChI is InChI=1S/C10H19NOS/c1-12-10-4-2-3-9(10)11-8-5-6-13-7-8/h8-11H,2-7H2,1H3. The molecule has 2 aliphatic rings. The van der Waals surface area contributed by atoms with E-state index in [4.69, 9.17) is 4.74 Å². The minimum Gasteiger partial charge on any atom is -0.380 e. The molecule has 3 unspecified atom stereocenters. The molecule has 76 valence electrons. The maximum absolute atomic E-state index is 5.46. The molecule has 0 aromatic carbocycles. The van der Waals surface area contributed by atoms with E-state index in [1.54, 1.807) is 0 Å². The fourth-order valence-electron chi connectivity index (χ4n) is 2.37. The van der Waals surface area contributed by atoms with E-state index in [1.807, 2.05) is 7.11 Å². The van der Waals surface area contributed by atoms with Crippen LogP contribution in [0.25, 0.3) is 0 Å². The molecule has 3 heteroatoms. The van der Waals surface area contributed by atoms with Gasteiger partial charge in [-0.05, 0) is 31.4 Å². The number of hydrogen-bond acceptors (Lipinski definition) is 3. The summed E-state index contributed by atoms with van der Waals surface area (Å²) in [5, 5.41) is 3.73. The van der Waals surface area contributed by atoms with Crippen molar-refractivity contribution in [1.82, 2.24) is 5.32 Å². The molecule has 2 rings (SSSR count). The van der Waals surface area contributed by atoms with Gasteiger partial charge in [0.25, 0.3) is 0 Å². The molecule has 1 aliphatic heterocycles. The van der Waals surface area contributed by atoms with Crippen LogP contribution in [0.4, 0.5) is 0 Å². The third-order valence-electron chi connectivity index (χ3n) is 3.13. The average Bonchev–Trinajstić information content (AvgIpc) is 2.76. The van der Waals surface area contributed by atoms with Crippen molar-refractivity contribution in [2.24, 2.45) is 0 Å². The average molecular weight is 201 g/mol. The number of nitrogens with one attached hydrogen (secondary N) is 1. The van der Waals surface area contributed by atoms with E-state index in [0.717, 1.165) is 6.04 Å². The second-order valence-electron chi connectivity index (χ2n) is 4.04. The molecule has 0 aromatic heterocycles. The molecular formula is C10H19NOS. The second-order valence-corrected chi connectivity index (χ2v) is 5.19. The molecule has 0 spiro atoms. The van der Waals surface area contributed by atoms with Crippen LogP contribution in [-0.4, -0.2) is 36.8 Å². The van der Waals surface area contributed by atoms with Crippen molar-refractivity contribution >= 4 is 11.8 Å². The van der Waals surface area contributed by atoms with E-state index in [-0.39, 0.29) is 0 Å². The first-order chi connectivity index (χ1) is 6.40. The lowest BCUT2D eigenvalue weighted by molar-refractivity contribution is 0.0823. The van der Waals surface area contributed by atoms with Crippen LogP contribution in [-0.2, 0) is 4.74 Å². The van der Waals surface area contributed by atoms with Crippen molar-refractivity contribution in [3.8, 4) is 0 Å². The predicted molar refractivity (Wildman–Crippen MR) is 57.3 cm³/mol. The first kappa shape index (κ1) is 9.81. The Labute approximate surface area is 84.8 Å². The van der Waals surface area contributed by atoms with Gasteiger partial charge in [0.15, 0.2) is 0 Å². The molecule has 13 heavy (non-hydrogen) atoms. The minimum absolute atomic E-state index is 0.477. The fourth-order valence-corrected chi connectivity index (χ4v) is 3.53. The Morgan fingerprint density at radius 1 is 1.31 bits per heavy atom. The predicted octanol–water partition coefficient (Wildman–Crippen LogP) is 1.65. The summed E-state index contributed by atoms with van der Waals surface area (Å²) in [5.41, 5.74) is 0. The zero-order valence-corrected chi connectivity index (χ0v) is 9.11. The summed E-state index contributed by atoms with van der Waals surface area (Å²) in [7, 11) is 1.84. The van der Waals surface area contributed by atoms with E-state index in [1.165, 1.54) is 37.2 Å². The molecule has 0 bridgehead atoms. The molecular weight excluding hydrogens is 182 g/mol. The Balaban J connectivity index is 1.79. The number of hydrogen-bond donors (Lipinski definition) is 1. The Hall–Kier alpha value is 0.270. The largest absolute Gasteiger partial charge is 0.380 e. The van der Waals surface area contributed by atoms with Gasteiger partial charge in [-0.25, -0.2) is 0 Å². The lowest BCUT2D eigenvalue weighted by Gasteiger charge is -2.23. The lowest BCUT2D eigenvalue weighted by atomic mass is 10.1. The molecule has 1 saturated carbocycles. The smallest absolute Gasteiger partial charge is 0.0724 e. The number of thioether (sulfide) groups is 1. The summed E-state index contributed by atoms with van der Waals surface area (Å²) in [6.07, 6.45) is 5.70. The molecule has 2 nitrogen and oxygen atoms in total. The van der Waals surface area contributed by atoms with Gasteiger partial charge in [-0.15, -0.1) is 0 Å². The summed E-state index contributed by atoms with van der Waals surface area (Å²) >= 11 is 2.07. The van der Waals surface area contributed by atoms with Crippen LogP contribution in [0.1, 0.15) is 25.7 Å². The van der Waals surface area contributed by atoms with E-state index in [9.17, 15) is 0 Å². The highest BCUT2D eigenvalue weighted by atomic mass is 32.2. The zero-order valence-electron chi connectivity index (χ0n) is 8.29. The molecule has 1 heterocycles. The number of ether oxygens (including phenoxy) is 1. The van der Waals surface area contributed by atoms with Gasteiger partial charge in [0.05, 0.1) is 6.10 Å². The Morgan fingerprint density at radius 3 is 2.92 bits per heavy atom. The molecule has 3 atom stereocenters. The van der Waals surface area contributed by atoms with Crippen molar-refractivity contribution in [1.29, 1.82) is 0 Å². The van der Waals surface area contributed by atoms with Gasteiger partial charge in [0.2, 0.25) is 0 Å². The zero-order chi connectivity index (χ0) is 9.10. The summed E-state index contributed by atoms with van der Waals surface area (Å²) in [6, 6.07) is 1.39. The van der Waals surface area contributed by atoms with Crippen LogP contribution >= 0.6 is 11.8 Å². The van der Waals surface area contributed by atoms with Gasteiger partial charge < -0.3 is 10.1 Å². The van der Waals surface area contributed by atoms with Crippen molar-refractivity contribution in [2.75, 3.05) is 18.6 Å². The third kappa shape index (κ3) is 2.39. The Bertz CT molecular complexity index is 159. The number of rotatable bonds is 3. The van der Waals surface area contributed by atoms with Gasteiger partial charge in [-0.1, -0.05) is 0 Å². The van der Waals surface area contributed by atoms with Gasteiger partial charge in [0.1, 0.15) is 0 Å². The summed E-state index contributed by atoms with van der Waals surface area (Å²) in [4.78, 5) is 0. The lowest BCUT2D eigenvalue weighted by Crippen LogP contribution is -2.43. The maximum Gasteiger partial charge on any atom is 0.0724 e. The quantitative estimate of drug-likeness (QED) is 0.750. The van der Waals surface area contributed by atoms with Crippen LogP contribution in [0.15, 0.2) is 0 Å². The minimum atomic E-state index is 0.477. The highest BCUT2D eigenvalue weighted by Gasteiger charge is 2.29. The van der Waals surface area contributed by atoms with E-state index in [2.05, 4.69) is 17.1 Å². The summed E-state index contributed by atoms with van der Waals surface area (Å²) < 4.78 is 5.46. The van der Waals surface area contributed by atoms with E-state index >= 15 is 0 Å². The first-order valence-electron chi connectivity index (χ1n) is 5.26. The molecule has 1 aliphatic carbocycles. The second kappa shape index (κ2) is 4.67. The third-order valence-corrected chi connectivity index (χ3v) is 4.30. The Kier molecular flexibility index (Phi) is 3.52. The van der Waals surface area contributed by atoms with Crippen LogP contribution in [0, 0.1) is 0 Å². The highest BCUT2D eigenvalue weighted by Crippen LogP contribution is 2.24. The topological polar surface area (TPSA) is 21.3 Å². The van der Waals surface area contributed by atoms with Crippen LogP contribution in [0.3, 0.4) is 0 Å². The summed E-state index contributed by atoms with van der Waals surface area (Å²) in [5.74, 6) is 2.63. The molecule has 2 fully saturated rings. The van der Waals surface area contributed by atoms with Crippen molar-refractivity contribution in [3.63, 3.8) is 0 Å². The van der Waals surface area contributed by atoms with Gasteiger partial charge >= 0.3 is 0 Å². The first-order valence-corrected chi connectivity index (χ1v) is 6.42. The molecule has 0 radical (unpaired) electrons. The van der Waals surface area contributed by atoms with E-state index in [0.29, 0.717) is 12.1 Å². The van der Waals surface area contributed by atoms with Crippen LogP contribution in [0.5, 0.6) is 0 Å². The van der Waals surface area contributed by atoms with Crippen LogP contribution < -0.4 is 5.32 Å². The van der Waals surface area contributed by atoms with Crippen molar-refractivity contribution in [3.05, 3.63) is 0 Å². The van der Waals surface area contributed by atoms with Gasteiger partial charge in [-0.3, -0.25) is 0 Å². The van der Waals surface area contributed by atoms with Crippen molar-refractivity contribution < 1.29 is 4.74 Å². The van der Waals surface area contributed by atoms with Crippen LogP contribution in [0.2, 0.25) is 0 Å². The highest BCUT2D eigenvalue weighted by molar-refractivity contribution is 7.99. The van der Waals surface area contributed by atoms with Gasteiger partial charge in [0, 0.05) is 24.9 Å². The van der Waals surface area contributed by atoms with Crippen molar-refractivity contribution in [2.45, 2.75) is 43.9 Å². The molecule has 0 aromatic rings. The molecule has 1 N–H and O–H groups in total. The van der Waals surface area contributed by atoms with E-state index < -0.39 is 0 Å². The summed E-state index contributed by atoms with van der Waals surface area (Å²) in [6.45, 7) is 0. The van der Waals surface area contributed by atoms with Gasteiger partial charge in [-0.2, -0.15) is 11.8 Å². The number of methoxy groups -OCH3 is 1.